The monoisotopic (exact) mass is 300 g/mol. The van der Waals surface area contributed by atoms with Crippen molar-refractivity contribution in [3.05, 3.63) is 53.6 Å². The third-order valence-electron chi connectivity index (χ3n) is 3.04. The maximum absolute atomic E-state index is 12.1. The van der Waals surface area contributed by atoms with Crippen molar-refractivity contribution in [2.24, 2.45) is 0 Å². The van der Waals surface area contributed by atoms with E-state index >= 15 is 0 Å². The van der Waals surface area contributed by atoms with E-state index in [1.54, 1.807) is 24.3 Å². The Morgan fingerprint density at radius 1 is 1.23 bits per heavy atom. The fraction of sp³-hybridized carbons (Fsp3) is 0.125. The fourth-order valence-electron chi connectivity index (χ4n) is 2.03. The van der Waals surface area contributed by atoms with E-state index in [0.717, 1.165) is 6.07 Å². The van der Waals surface area contributed by atoms with E-state index in [0.29, 0.717) is 11.3 Å². The first kappa shape index (κ1) is 15.4. The van der Waals surface area contributed by atoms with Crippen LogP contribution >= 0.6 is 0 Å². The minimum absolute atomic E-state index is 0.0300. The number of benzene rings is 2. The lowest BCUT2D eigenvalue weighted by Gasteiger charge is -2.13. The zero-order valence-corrected chi connectivity index (χ0v) is 11.8. The number of amides is 1. The van der Waals surface area contributed by atoms with E-state index < -0.39 is 17.6 Å². The summed E-state index contributed by atoms with van der Waals surface area (Å²) in [7, 11) is 1.51. The minimum Gasteiger partial charge on any atom is -0.872 e. The fourth-order valence-corrected chi connectivity index (χ4v) is 2.03. The lowest BCUT2D eigenvalue weighted by Crippen LogP contribution is -2.17. The Balaban J connectivity index is 2.17. The van der Waals surface area contributed by atoms with Crippen molar-refractivity contribution >= 4 is 17.6 Å². The molecule has 0 aliphatic heterocycles. The first-order valence-corrected chi connectivity index (χ1v) is 6.47. The number of carbonyl (C=O) groups is 2. The summed E-state index contributed by atoms with van der Waals surface area (Å²) < 4.78 is 5.16. The lowest BCUT2D eigenvalue weighted by molar-refractivity contribution is -0.268. The van der Waals surface area contributed by atoms with Gasteiger partial charge in [-0.25, -0.2) is 4.79 Å². The summed E-state index contributed by atoms with van der Waals surface area (Å²) in [5, 5.41) is 22.8. The molecule has 2 aromatic rings. The molecule has 0 bridgehead atoms. The number of ether oxygens (including phenoxy) is 1. The van der Waals surface area contributed by atoms with Crippen LogP contribution in [0.15, 0.2) is 42.5 Å². The predicted octanol–water partition coefficient (Wildman–Crippen LogP) is 1.65. The van der Waals surface area contributed by atoms with Gasteiger partial charge in [-0.2, -0.15) is 0 Å². The molecule has 0 unspecified atom stereocenters. The van der Waals surface area contributed by atoms with Crippen molar-refractivity contribution in [2.45, 2.75) is 6.42 Å². The van der Waals surface area contributed by atoms with E-state index in [4.69, 9.17) is 9.84 Å². The van der Waals surface area contributed by atoms with E-state index in [-0.39, 0.29) is 17.7 Å². The first-order valence-electron chi connectivity index (χ1n) is 6.47. The van der Waals surface area contributed by atoms with Gasteiger partial charge in [0.1, 0.15) is 5.75 Å². The summed E-state index contributed by atoms with van der Waals surface area (Å²) in [6.45, 7) is 0. The maximum atomic E-state index is 12.1. The molecule has 0 aromatic heterocycles. The SMILES string of the molecule is COc1ccccc1CC(=O)Nc1ccc([O-])cc1C(=O)O. The van der Waals surface area contributed by atoms with Gasteiger partial charge in [-0.3, -0.25) is 4.79 Å². The smallest absolute Gasteiger partial charge is 0.337 e. The molecule has 0 saturated heterocycles. The third-order valence-corrected chi connectivity index (χ3v) is 3.04. The Morgan fingerprint density at radius 2 is 1.95 bits per heavy atom. The van der Waals surface area contributed by atoms with Gasteiger partial charge in [-0.15, -0.1) is 5.75 Å². The van der Waals surface area contributed by atoms with Crippen LogP contribution in [0.2, 0.25) is 0 Å². The van der Waals surface area contributed by atoms with Gasteiger partial charge in [-0.1, -0.05) is 30.3 Å². The molecule has 6 heteroatoms. The summed E-state index contributed by atoms with van der Waals surface area (Å²) in [5.74, 6) is -1.53. The summed E-state index contributed by atoms with van der Waals surface area (Å²) >= 11 is 0. The summed E-state index contributed by atoms with van der Waals surface area (Å²) in [6, 6.07) is 10.5. The van der Waals surface area contributed by atoms with E-state index in [1.165, 1.54) is 19.2 Å². The molecule has 0 aliphatic rings. The number of rotatable bonds is 5. The molecule has 2 N–H and O–H groups in total. The molecule has 0 aliphatic carbocycles. The molecule has 0 atom stereocenters. The highest BCUT2D eigenvalue weighted by atomic mass is 16.5. The van der Waals surface area contributed by atoms with Crippen LogP contribution in [-0.2, 0) is 11.2 Å². The van der Waals surface area contributed by atoms with Crippen LogP contribution in [0.5, 0.6) is 11.5 Å². The summed E-state index contributed by atoms with van der Waals surface area (Å²) in [4.78, 5) is 23.2. The molecule has 0 heterocycles. The molecule has 6 nitrogen and oxygen atoms in total. The van der Waals surface area contributed by atoms with E-state index in [1.807, 2.05) is 0 Å². The molecule has 1 amide bonds. The Labute approximate surface area is 127 Å². The molecule has 2 rings (SSSR count). The number of nitrogens with one attached hydrogen (secondary N) is 1. The highest BCUT2D eigenvalue weighted by molar-refractivity contribution is 6.01. The molecule has 114 valence electrons. The second-order valence-electron chi connectivity index (χ2n) is 4.55. The maximum Gasteiger partial charge on any atom is 0.337 e. The lowest BCUT2D eigenvalue weighted by atomic mass is 10.1. The van der Waals surface area contributed by atoms with Crippen LogP contribution in [0.3, 0.4) is 0 Å². The number of carboxylic acid groups (broad SMARTS) is 1. The molecule has 2 aromatic carbocycles. The van der Waals surface area contributed by atoms with Crippen LogP contribution < -0.4 is 15.2 Å². The van der Waals surface area contributed by atoms with Gasteiger partial charge >= 0.3 is 5.97 Å². The van der Waals surface area contributed by atoms with Crippen molar-refractivity contribution in [1.29, 1.82) is 0 Å². The quantitative estimate of drug-likeness (QED) is 0.874. The minimum atomic E-state index is -1.27. The Hall–Kier alpha value is -3.02. The predicted molar refractivity (Wildman–Crippen MR) is 78.2 cm³/mol. The highest BCUT2D eigenvalue weighted by Crippen LogP contribution is 2.22. The third kappa shape index (κ3) is 3.54. The van der Waals surface area contributed by atoms with E-state index in [2.05, 4.69) is 5.32 Å². The number of anilines is 1. The van der Waals surface area contributed by atoms with Gasteiger partial charge in [0.25, 0.3) is 0 Å². The van der Waals surface area contributed by atoms with Crippen molar-refractivity contribution < 1.29 is 24.5 Å². The average Bonchev–Trinajstić information content (AvgIpc) is 2.49. The number of carboxylic acids is 1. The van der Waals surface area contributed by atoms with Crippen LogP contribution in [0.1, 0.15) is 15.9 Å². The van der Waals surface area contributed by atoms with Gasteiger partial charge in [0, 0.05) is 5.56 Å². The number of para-hydroxylation sites is 1. The summed E-state index contributed by atoms with van der Waals surface area (Å²) in [5.41, 5.74) is 0.535. The average molecular weight is 300 g/mol. The molecule has 0 saturated carbocycles. The van der Waals surface area contributed by atoms with Crippen molar-refractivity contribution in [2.75, 3.05) is 12.4 Å². The Kier molecular flexibility index (Phi) is 4.63. The van der Waals surface area contributed by atoms with Gasteiger partial charge in [0.05, 0.1) is 24.8 Å². The number of aromatic carboxylic acids is 1. The Bertz CT molecular complexity index is 711. The zero-order valence-electron chi connectivity index (χ0n) is 11.8. The van der Waals surface area contributed by atoms with Gasteiger partial charge in [-0.05, 0) is 12.1 Å². The van der Waals surface area contributed by atoms with Crippen molar-refractivity contribution in [3.63, 3.8) is 0 Å². The van der Waals surface area contributed by atoms with Crippen LogP contribution in [-0.4, -0.2) is 24.1 Å². The standard InChI is InChI=1S/C16H15NO5/c1-22-14-5-3-2-4-10(14)8-15(19)17-13-7-6-11(18)9-12(13)16(20)21/h2-7,9,18H,8H2,1H3,(H,17,19)(H,20,21)/p-1. The second kappa shape index (κ2) is 6.62. The highest BCUT2D eigenvalue weighted by Gasteiger charge is 2.13. The molecular formula is C16H14NO5-. The number of hydrogen-bond donors (Lipinski definition) is 2. The van der Waals surface area contributed by atoms with Gasteiger partial charge in [0.2, 0.25) is 5.91 Å². The largest absolute Gasteiger partial charge is 0.872 e. The van der Waals surface area contributed by atoms with Crippen LogP contribution in [0, 0.1) is 0 Å². The first-order chi connectivity index (χ1) is 10.5. The topological polar surface area (TPSA) is 98.7 Å². The Morgan fingerprint density at radius 3 is 2.64 bits per heavy atom. The molecule has 0 spiro atoms. The molecular weight excluding hydrogens is 286 g/mol. The second-order valence-corrected chi connectivity index (χ2v) is 4.55. The molecule has 0 radical (unpaired) electrons. The number of carbonyl (C=O) groups excluding carboxylic acids is 1. The zero-order chi connectivity index (χ0) is 16.1. The number of hydrogen-bond acceptors (Lipinski definition) is 4. The molecule has 0 fully saturated rings. The number of methoxy groups -OCH3 is 1. The van der Waals surface area contributed by atoms with Crippen molar-refractivity contribution in [1.82, 2.24) is 0 Å². The normalized spacial score (nSPS) is 10.0. The summed E-state index contributed by atoms with van der Waals surface area (Å²) in [6.07, 6.45) is 0.0300. The molecule has 22 heavy (non-hydrogen) atoms. The van der Waals surface area contributed by atoms with Gasteiger partial charge < -0.3 is 20.3 Å². The van der Waals surface area contributed by atoms with Gasteiger partial charge in [0.15, 0.2) is 0 Å². The van der Waals surface area contributed by atoms with Crippen molar-refractivity contribution in [3.8, 4) is 11.5 Å². The van der Waals surface area contributed by atoms with Crippen LogP contribution in [0.4, 0.5) is 5.69 Å². The van der Waals surface area contributed by atoms with Crippen LogP contribution in [0.25, 0.3) is 0 Å². The van der Waals surface area contributed by atoms with E-state index in [9.17, 15) is 14.7 Å².